The van der Waals surface area contributed by atoms with Crippen LogP contribution < -0.4 is 5.73 Å². The van der Waals surface area contributed by atoms with Crippen LogP contribution in [-0.4, -0.2) is 23.5 Å². The molecule has 0 aliphatic carbocycles. The van der Waals surface area contributed by atoms with E-state index in [9.17, 15) is 0 Å². The second-order valence-corrected chi connectivity index (χ2v) is 3.50. The molecule has 0 atom stereocenters. The number of amidine groups is 1. The van der Waals surface area contributed by atoms with Gasteiger partial charge in [-0.2, -0.15) is 0 Å². The van der Waals surface area contributed by atoms with Crippen molar-refractivity contribution >= 4 is 17.4 Å². The molecule has 1 aromatic carbocycles. The summed E-state index contributed by atoms with van der Waals surface area (Å²) < 4.78 is 2.11. The molecule has 0 radical (unpaired) electrons. The summed E-state index contributed by atoms with van der Waals surface area (Å²) in [5, 5.41) is 0.737. The molecule has 76 valence electrons. The van der Waals surface area contributed by atoms with Crippen LogP contribution in [-0.2, 0) is 0 Å². The van der Waals surface area contributed by atoms with Crippen molar-refractivity contribution in [1.29, 1.82) is 0 Å². The molecule has 0 fully saturated rings. The van der Waals surface area contributed by atoms with Gasteiger partial charge in [-0.15, -0.1) is 0 Å². The van der Waals surface area contributed by atoms with Crippen molar-refractivity contribution in [2.24, 2.45) is 5.73 Å². The summed E-state index contributed by atoms with van der Waals surface area (Å²) in [4.78, 5) is 0. The van der Waals surface area contributed by atoms with Crippen LogP contribution in [0.15, 0.2) is 24.3 Å². The SMILES string of the molecule is CC[N+](CC)=C(N)c1ccc(Cl)cc1. The van der Waals surface area contributed by atoms with Gasteiger partial charge in [0.15, 0.2) is 0 Å². The predicted molar refractivity (Wildman–Crippen MR) is 61.1 cm³/mol. The van der Waals surface area contributed by atoms with E-state index in [2.05, 4.69) is 18.4 Å². The maximum atomic E-state index is 6.01. The molecule has 0 unspecified atom stereocenters. The van der Waals surface area contributed by atoms with Gasteiger partial charge in [0.2, 0.25) is 0 Å². The van der Waals surface area contributed by atoms with E-state index in [-0.39, 0.29) is 0 Å². The van der Waals surface area contributed by atoms with Crippen molar-refractivity contribution in [2.45, 2.75) is 13.8 Å². The second kappa shape index (κ2) is 5.01. The van der Waals surface area contributed by atoms with E-state index in [1.165, 1.54) is 0 Å². The number of benzene rings is 1. The number of hydrogen-bond acceptors (Lipinski definition) is 0. The first-order chi connectivity index (χ1) is 6.69. The molecule has 0 saturated carbocycles. The van der Waals surface area contributed by atoms with Crippen molar-refractivity contribution < 1.29 is 4.58 Å². The number of nitrogens with two attached hydrogens (primary N) is 1. The highest BCUT2D eigenvalue weighted by molar-refractivity contribution is 6.30. The highest BCUT2D eigenvalue weighted by Gasteiger charge is 2.07. The highest BCUT2D eigenvalue weighted by Crippen LogP contribution is 2.09. The lowest BCUT2D eigenvalue weighted by molar-refractivity contribution is -0.521. The van der Waals surface area contributed by atoms with E-state index < -0.39 is 0 Å². The largest absolute Gasteiger partial charge is 0.287 e. The zero-order valence-electron chi connectivity index (χ0n) is 8.63. The Morgan fingerprint density at radius 1 is 1.21 bits per heavy atom. The Morgan fingerprint density at radius 3 is 2.14 bits per heavy atom. The predicted octanol–water partition coefficient (Wildman–Crippen LogP) is 2.10. The van der Waals surface area contributed by atoms with Crippen LogP contribution in [0.1, 0.15) is 19.4 Å². The third kappa shape index (κ3) is 2.48. The molecule has 14 heavy (non-hydrogen) atoms. The molecule has 0 saturated heterocycles. The summed E-state index contributed by atoms with van der Waals surface area (Å²) in [6, 6.07) is 7.59. The Morgan fingerprint density at radius 2 is 1.71 bits per heavy atom. The van der Waals surface area contributed by atoms with Crippen molar-refractivity contribution in [2.75, 3.05) is 13.1 Å². The molecule has 2 nitrogen and oxygen atoms in total. The maximum Gasteiger partial charge on any atom is 0.274 e. The maximum absolute atomic E-state index is 6.01. The molecule has 1 rings (SSSR count). The van der Waals surface area contributed by atoms with Gasteiger partial charge in [0.1, 0.15) is 0 Å². The number of nitrogens with zero attached hydrogens (tertiary/aromatic N) is 1. The monoisotopic (exact) mass is 211 g/mol. The lowest BCUT2D eigenvalue weighted by Gasteiger charge is -2.04. The zero-order valence-corrected chi connectivity index (χ0v) is 9.38. The first-order valence-corrected chi connectivity index (χ1v) is 5.20. The molecule has 0 heterocycles. The molecular weight excluding hydrogens is 196 g/mol. The van der Waals surface area contributed by atoms with Crippen LogP contribution >= 0.6 is 11.6 Å². The number of halogens is 1. The fourth-order valence-electron chi connectivity index (χ4n) is 1.37. The molecule has 1 aromatic rings. The van der Waals surface area contributed by atoms with Gasteiger partial charge in [-0.3, -0.25) is 10.3 Å². The first kappa shape index (κ1) is 11.1. The molecule has 0 aromatic heterocycles. The molecule has 2 N–H and O–H groups in total. The fourth-order valence-corrected chi connectivity index (χ4v) is 1.49. The number of hydrogen-bond donors (Lipinski definition) is 1. The third-order valence-electron chi connectivity index (χ3n) is 2.24. The van der Waals surface area contributed by atoms with Gasteiger partial charge < -0.3 is 0 Å². The van der Waals surface area contributed by atoms with Gasteiger partial charge in [-0.25, -0.2) is 0 Å². The molecule has 3 heteroatoms. The quantitative estimate of drug-likeness (QED) is 0.463. The van der Waals surface area contributed by atoms with Gasteiger partial charge in [0.25, 0.3) is 5.84 Å². The molecular formula is C11H16ClN2+. The molecule has 0 spiro atoms. The Hall–Kier alpha value is -1.02. The Labute approximate surface area is 90.0 Å². The zero-order chi connectivity index (χ0) is 10.6. The minimum Gasteiger partial charge on any atom is -0.287 e. The average Bonchev–Trinajstić information content (AvgIpc) is 2.20. The standard InChI is InChI=1S/C11H15ClN2/c1-3-14(4-2)11(13)9-5-7-10(12)8-6-9/h5-8,13H,3-4H2,1-2H3/p+1. The van der Waals surface area contributed by atoms with E-state index in [0.29, 0.717) is 0 Å². The summed E-state index contributed by atoms with van der Waals surface area (Å²) in [6.07, 6.45) is 0. The molecule has 0 aliphatic heterocycles. The first-order valence-electron chi connectivity index (χ1n) is 4.82. The Bertz CT molecular complexity index is 322. The van der Waals surface area contributed by atoms with Crippen molar-refractivity contribution in [3.63, 3.8) is 0 Å². The molecule has 0 bridgehead atoms. The van der Waals surface area contributed by atoms with Crippen LogP contribution in [0.2, 0.25) is 5.02 Å². The van der Waals surface area contributed by atoms with Gasteiger partial charge in [0.05, 0.1) is 18.7 Å². The van der Waals surface area contributed by atoms with Gasteiger partial charge in [0, 0.05) is 5.02 Å². The van der Waals surface area contributed by atoms with E-state index in [0.717, 1.165) is 29.5 Å². The lowest BCUT2D eigenvalue weighted by Crippen LogP contribution is -2.29. The topological polar surface area (TPSA) is 29.0 Å². The molecule has 0 amide bonds. The van der Waals surface area contributed by atoms with Gasteiger partial charge in [-0.1, -0.05) is 11.6 Å². The van der Waals surface area contributed by atoms with Crippen molar-refractivity contribution in [1.82, 2.24) is 0 Å². The van der Waals surface area contributed by atoms with Crippen LogP contribution in [0, 0.1) is 0 Å². The smallest absolute Gasteiger partial charge is 0.274 e. The van der Waals surface area contributed by atoms with Crippen molar-refractivity contribution in [3.8, 4) is 0 Å². The third-order valence-corrected chi connectivity index (χ3v) is 2.50. The number of rotatable bonds is 3. The average molecular weight is 212 g/mol. The minimum absolute atomic E-state index is 0.737. The summed E-state index contributed by atoms with van der Waals surface area (Å²) in [6.45, 7) is 6.02. The Balaban J connectivity index is 3.04. The van der Waals surface area contributed by atoms with Crippen LogP contribution in [0.5, 0.6) is 0 Å². The summed E-state index contributed by atoms with van der Waals surface area (Å²) in [5.41, 5.74) is 7.04. The lowest BCUT2D eigenvalue weighted by atomic mass is 10.2. The highest BCUT2D eigenvalue weighted by atomic mass is 35.5. The summed E-state index contributed by atoms with van der Waals surface area (Å²) in [5.74, 6) is 0.812. The van der Waals surface area contributed by atoms with Crippen LogP contribution in [0.4, 0.5) is 0 Å². The van der Waals surface area contributed by atoms with E-state index >= 15 is 0 Å². The van der Waals surface area contributed by atoms with Gasteiger partial charge >= 0.3 is 0 Å². The van der Waals surface area contributed by atoms with E-state index in [1.54, 1.807) is 0 Å². The van der Waals surface area contributed by atoms with Crippen molar-refractivity contribution in [3.05, 3.63) is 34.9 Å². The Kier molecular flexibility index (Phi) is 3.96. The van der Waals surface area contributed by atoms with Gasteiger partial charge in [-0.05, 0) is 38.1 Å². The van der Waals surface area contributed by atoms with Crippen LogP contribution in [0.3, 0.4) is 0 Å². The molecule has 0 aliphatic rings. The van der Waals surface area contributed by atoms with Crippen LogP contribution in [0.25, 0.3) is 0 Å². The van der Waals surface area contributed by atoms with E-state index in [1.807, 2.05) is 24.3 Å². The minimum atomic E-state index is 0.737. The summed E-state index contributed by atoms with van der Waals surface area (Å²) >= 11 is 5.80. The fraction of sp³-hybridized carbons (Fsp3) is 0.364. The normalized spacial score (nSPS) is 9.93. The summed E-state index contributed by atoms with van der Waals surface area (Å²) in [7, 11) is 0. The van der Waals surface area contributed by atoms with E-state index in [4.69, 9.17) is 17.3 Å². The second-order valence-electron chi connectivity index (χ2n) is 3.06.